The van der Waals surface area contributed by atoms with E-state index >= 15 is 0 Å². The summed E-state index contributed by atoms with van der Waals surface area (Å²) in [5, 5.41) is 11.5. The molecule has 1 aliphatic heterocycles. The van der Waals surface area contributed by atoms with Gasteiger partial charge in [-0.05, 0) is 44.0 Å². The number of nitro benzene ring substituents is 1. The van der Waals surface area contributed by atoms with Gasteiger partial charge in [-0.15, -0.1) is 0 Å². The van der Waals surface area contributed by atoms with Crippen molar-refractivity contribution in [3.63, 3.8) is 0 Å². The Kier molecular flexibility index (Phi) is 5.85. The van der Waals surface area contributed by atoms with Crippen LogP contribution in [0.15, 0.2) is 35.2 Å². The highest BCUT2D eigenvalue weighted by molar-refractivity contribution is 7.90. The minimum absolute atomic E-state index is 0.0356. The zero-order valence-corrected chi connectivity index (χ0v) is 18.3. The summed E-state index contributed by atoms with van der Waals surface area (Å²) < 4.78 is 23.5. The van der Waals surface area contributed by atoms with E-state index in [9.17, 15) is 23.3 Å². The minimum Gasteiger partial charge on any atom is -0.362 e. The topological polar surface area (TPSA) is 101 Å². The summed E-state index contributed by atoms with van der Waals surface area (Å²) in [5.41, 5.74) is 3.80. The molecule has 0 aromatic heterocycles. The van der Waals surface area contributed by atoms with Crippen LogP contribution in [0.2, 0.25) is 0 Å². The van der Waals surface area contributed by atoms with Gasteiger partial charge in [0.15, 0.2) is 9.84 Å². The summed E-state index contributed by atoms with van der Waals surface area (Å²) >= 11 is 0. The average molecular weight is 432 g/mol. The lowest BCUT2D eigenvalue weighted by Crippen LogP contribution is -2.49. The van der Waals surface area contributed by atoms with E-state index in [2.05, 4.69) is 0 Å². The summed E-state index contributed by atoms with van der Waals surface area (Å²) in [6.45, 7) is 7.55. The van der Waals surface area contributed by atoms with Gasteiger partial charge < -0.3 is 9.80 Å². The van der Waals surface area contributed by atoms with Crippen LogP contribution in [0.1, 0.15) is 27.0 Å². The van der Waals surface area contributed by atoms with Gasteiger partial charge in [0.05, 0.1) is 9.82 Å². The smallest absolute Gasteiger partial charge is 0.293 e. The van der Waals surface area contributed by atoms with Gasteiger partial charge >= 0.3 is 0 Å². The fourth-order valence-corrected chi connectivity index (χ4v) is 4.61. The maximum Gasteiger partial charge on any atom is 0.293 e. The number of aryl methyl sites for hydroxylation is 3. The van der Waals surface area contributed by atoms with Crippen LogP contribution in [0.4, 0.5) is 11.4 Å². The highest BCUT2D eigenvalue weighted by Gasteiger charge is 2.28. The SMILES string of the molecule is Cc1cc(C)c(C(=O)N2CCN(c3ccc(S(C)(=O)=O)cc3[N+](=O)[O-])CC2)c(C)c1. The molecule has 0 atom stereocenters. The van der Waals surface area contributed by atoms with Crippen molar-refractivity contribution in [3.8, 4) is 0 Å². The number of carbonyl (C=O) groups excluding carboxylic acids is 1. The molecular formula is C21H25N3O5S. The fraction of sp³-hybridized carbons (Fsp3) is 0.381. The minimum atomic E-state index is -3.54. The van der Waals surface area contributed by atoms with E-state index in [0.717, 1.165) is 29.0 Å². The zero-order valence-electron chi connectivity index (χ0n) is 17.5. The van der Waals surface area contributed by atoms with E-state index < -0.39 is 14.8 Å². The number of piperazine rings is 1. The van der Waals surface area contributed by atoms with Crippen molar-refractivity contribution < 1.29 is 18.1 Å². The third kappa shape index (κ3) is 4.30. The first kappa shape index (κ1) is 21.8. The lowest BCUT2D eigenvalue weighted by atomic mass is 9.98. The molecule has 0 N–H and O–H groups in total. The Hall–Kier alpha value is -2.94. The third-order valence-electron chi connectivity index (χ3n) is 5.37. The molecule has 3 rings (SSSR count). The molecule has 0 radical (unpaired) electrons. The van der Waals surface area contributed by atoms with Crippen molar-refractivity contribution in [1.82, 2.24) is 4.90 Å². The van der Waals surface area contributed by atoms with Gasteiger partial charge in [0.2, 0.25) is 0 Å². The van der Waals surface area contributed by atoms with E-state index in [4.69, 9.17) is 0 Å². The molecule has 0 aliphatic carbocycles. The van der Waals surface area contributed by atoms with Crippen LogP contribution in [0.3, 0.4) is 0 Å². The Morgan fingerprint density at radius 1 is 1.00 bits per heavy atom. The summed E-state index contributed by atoms with van der Waals surface area (Å²) in [4.78, 5) is 27.5. The van der Waals surface area contributed by atoms with Crippen molar-refractivity contribution in [2.75, 3.05) is 37.3 Å². The van der Waals surface area contributed by atoms with E-state index in [0.29, 0.717) is 37.4 Å². The molecule has 2 aromatic rings. The van der Waals surface area contributed by atoms with E-state index in [1.54, 1.807) is 4.90 Å². The average Bonchev–Trinajstić information content (AvgIpc) is 2.66. The summed E-state index contributed by atoms with van der Waals surface area (Å²) in [7, 11) is -3.54. The standard InChI is InChI=1S/C21H25N3O5S/c1-14-11-15(2)20(16(3)12-14)21(25)23-9-7-22(8-10-23)18-6-5-17(30(4,28)29)13-19(18)24(26)27/h5-6,11-13H,7-10H2,1-4H3. The second kappa shape index (κ2) is 8.06. The van der Waals surface area contributed by atoms with Crippen molar-refractivity contribution >= 4 is 27.1 Å². The second-order valence-electron chi connectivity index (χ2n) is 7.73. The highest BCUT2D eigenvalue weighted by atomic mass is 32.2. The Morgan fingerprint density at radius 3 is 2.07 bits per heavy atom. The Balaban J connectivity index is 1.81. The highest BCUT2D eigenvalue weighted by Crippen LogP contribution is 2.32. The van der Waals surface area contributed by atoms with Crippen molar-refractivity contribution in [2.24, 2.45) is 0 Å². The van der Waals surface area contributed by atoms with E-state index in [1.165, 1.54) is 12.1 Å². The number of nitrogens with zero attached hydrogens (tertiary/aromatic N) is 3. The Morgan fingerprint density at radius 2 is 1.57 bits per heavy atom. The van der Waals surface area contributed by atoms with Gasteiger partial charge in [-0.1, -0.05) is 17.7 Å². The van der Waals surface area contributed by atoms with Gasteiger partial charge in [-0.3, -0.25) is 14.9 Å². The van der Waals surface area contributed by atoms with E-state index in [-0.39, 0.29) is 16.5 Å². The molecule has 1 amide bonds. The molecule has 0 spiro atoms. The number of hydrogen-bond acceptors (Lipinski definition) is 6. The van der Waals surface area contributed by atoms with Gasteiger partial charge in [-0.25, -0.2) is 8.42 Å². The molecule has 9 heteroatoms. The number of amides is 1. The number of sulfone groups is 1. The molecule has 30 heavy (non-hydrogen) atoms. The quantitative estimate of drug-likeness (QED) is 0.545. The number of rotatable bonds is 4. The number of nitro groups is 1. The molecule has 2 aromatic carbocycles. The Labute approximate surface area is 176 Å². The maximum absolute atomic E-state index is 13.1. The van der Waals surface area contributed by atoms with Gasteiger partial charge in [0.1, 0.15) is 5.69 Å². The first-order valence-corrected chi connectivity index (χ1v) is 11.5. The predicted octanol–water partition coefficient (Wildman–Crippen LogP) is 2.89. The largest absolute Gasteiger partial charge is 0.362 e. The number of anilines is 1. The van der Waals surface area contributed by atoms with Gasteiger partial charge in [-0.2, -0.15) is 0 Å². The molecule has 8 nitrogen and oxygen atoms in total. The van der Waals surface area contributed by atoms with E-state index in [1.807, 2.05) is 37.8 Å². The molecule has 0 bridgehead atoms. The van der Waals surface area contributed by atoms with Crippen LogP contribution >= 0.6 is 0 Å². The number of hydrogen-bond donors (Lipinski definition) is 0. The van der Waals surface area contributed by atoms with Gasteiger partial charge in [0, 0.05) is 44.1 Å². The fourth-order valence-electron chi connectivity index (χ4n) is 3.97. The molecule has 1 aliphatic rings. The number of benzene rings is 2. The molecule has 0 unspecified atom stereocenters. The third-order valence-corrected chi connectivity index (χ3v) is 6.48. The Bertz CT molecular complexity index is 1100. The van der Waals surface area contributed by atoms with Gasteiger partial charge in [0.25, 0.3) is 11.6 Å². The molecule has 0 saturated carbocycles. The molecular weight excluding hydrogens is 406 g/mol. The molecule has 1 fully saturated rings. The normalized spacial score (nSPS) is 14.7. The zero-order chi connectivity index (χ0) is 22.2. The number of carbonyl (C=O) groups is 1. The van der Waals surface area contributed by atoms with Crippen LogP contribution in [0, 0.1) is 30.9 Å². The molecule has 1 saturated heterocycles. The lowest BCUT2D eigenvalue weighted by molar-refractivity contribution is -0.384. The summed E-state index contributed by atoms with van der Waals surface area (Å²) in [5.74, 6) is -0.0356. The van der Waals surface area contributed by atoms with Crippen molar-refractivity contribution in [2.45, 2.75) is 25.7 Å². The van der Waals surface area contributed by atoms with Crippen molar-refractivity contribution in [1.29, 1.82) is 0 Å². The molecule has 1 heterocycles. The maximum atomic E-state index is 13.1. The van der Waals surface area contributed by atoms with Crippen LogP contribution in [-0.2, 0) is 9.84 Å². The monoisotopic (exact) mass is 431 g/mol. The van der Waals surface area contributed by atoms with Crippen molar-refractivity contribution in [3.05, 3.63) is 62.7 Å². The van der Waals surface area contributed by atoms with Crippen LogP contribution in [0.5, 0.6) is 0 Å². The van der Waals surface area contributed by atoms with Crippen LogP contribution in [-0.4, -0.2) is 56.6 Å². The van der Waals surface area contributed by atoms with Crippen LogP contribution < -0.4 is 4.90 Å². The van der Waals surface area contributed by atoms with Crippen LogP contribution in [0.25, 0.3) is 0 Å². The second-order valence-corrected chi connectivity index (χ2v) is 9.75. The summed E-state index contributed by atoms with van der Waals surface area (Å²) in [6.07, 6.45) is 1.02. The predicted molar refractivity (Wildman–Crippen MR) is 115 cm³/mol. The summed E-state index contributed by atoms with van der Waals surface area (Å²) in [6, 6.07) is 7.93. The lowest BCUT2D eigenvalue weighted by Gasteiger charge is -2.36. The first-order chi connectivity index (χ1) is 14.0. The first-order valence-electron chi connectivity index (χ1n) is 9.59. The molecule has 160 valence electrons.